The van der Waals surface area contributed by atoms with Gasteiger partial charge in [-0.05, 0) is 11.0 Å². The Morgan fingerprint density at radius 3 is 2.20 bits per heavy atom. The summed E-state index contributed by atoms with van der Waals surface area (Å²) in [6.45, 7) is 6.81. The first-order valence-corrected chi connectivity index (χ1v) is 6.60. The standard InChI is InChI=1S/C6H12N2Si.H4Si/c1-9(2,3)6-7-4-5-8-6;/h4-5H,1-3H3,(H,7,8);1H4. The van der Waals surface area contributed by atoms with Gasteiger partial charge in [-0.2, -0.15) is 0 Å². The zero-order valence-electron chi connectivity index (χ0n) is 6.10. The molecular weight excluding hydrogens is 156 g/mol. The maximum absolute atomic E-state index is 4.19. The summed E-state index contributed by atoms with van der Waals surface area (Å²) in [4.78, 5) is 7.32. The monoisotopic (exact) mass is 172 g/mol. The average molecular weight is 172 g/mol. The molecule has 1 heterocycles. The van der Waals surface area contributed by atoms with Crippen LogP contribution in [0.3, 0.4) is 0 Å². The Morgan fingerprint density at radius 2 is 2.00 bits per heavy atom. The molecule has 0 saturated heterocycles. The van der Waals surface area contributed by atoms with Gasteiger partial charge in [0.25, 0.3) is 0 Å². The van der Waals surface area contributed by atoms with Crippen molar-refractivity contribution in [3.8, 4) is 0 Å². The SMILES string of the molecule is C[Si](C)(C)c1ncc[nH]1.[SiH4]. The van der Waals surface area contributed by atoms with Crippen LogP contribution in [0.15, 0.2) is 12.4 Å². The summed E-state index contributed by atoms with van der Waals surface area (Å²) in [6, 6.07) is 0. The van der Waals surface area contributed by atoms with Gasteiger partial charge in [-0.1, -0.05) is 19.6 Å². The fourth-order valence-electron chi connectivity index (χ4n) is 0.675. The van der Waals surface area contributed by atoms with E-state index in [1.165, 1.54) is 5.45 Å². The van der Waals surface area contributed by atoms with Crippen molar-refractivity contribution in [2.24, 2.45) is 0 Å². The smallest absolute Gasteiger partial charge is 0.123 e. The van der Waals surface area contributed by atoms with Gasteiger partial charge in [0.1, 0.15) is 8.07 Å². The van der Waals surface area contributed by atoms with Crippen LogP contribution in [-0.2, 0) is 0 Å². The molecule has 0 aliphatic carbocycles. The summed E-state index contributed by atoms with van der Waals surface area (Å²) < 4.78 is 0. The summed E-state index contributed by atoms with van der Waals surface area (Å²) >= 11 is 0. The first kappa shape index (κ1) is 9.64. The van der Waals surface area contributed by atoms with Gasteiger partial charge in [0.05, 0.1) is 5.45 Å². The first-order valence-electron chi connectivity index (χ1n) is 3.10. The van der Waals surface area contributed by atoms with Crippen molar-refractivity contribution in [2.75, 3.05) is 0 Å². The van der Waals surface area contributed by atoms with Crippen molar-refractivity contribution in [1.82, 2.24) is 9.97 Å². The molecule has 1 aromatic heterocycles. The molecule has 0 saturated carbocycles. The molecule has 0 aliphatic rings. The van der Waals surface area contributed by atoms with Gasteiger partial charge in [0.15, 0.2) is 0 Å². The highest BCUT2D eigenvalue weighted by Gasteiger charge is 2.18. The molecular formula is C6H16N2Si2. The van der Waals surface area contributed by atoms with Crippen LogP contribution < -0.4 is 5.45 Å². The van der Waals surface area contributed by atoms with Crippen LogP contribution in [0.1, 0.15) is 0 Å². The van der Waals surface area contributed by atoms with E-state index in [0.717, 1.165) is 0 Å². The van der Waals surface area contributed by atoms with Gasteiger partial charge in [0.2, 0.25) is 0 Å². The second kappa shape index (κ2) is 3.16. The lowest BCUT2D eigenvalue weighted by Gasteiger charge is -2.10. The molecule has 0 amide bonds. The second-order valence-corrected chi connectivity index (χ2v) is 8.16. The van der Waals surface area contributed by atoms with Crippen molar-refractivity contribution >= 4 is 24.5 Å². The van der Waals surface area contributed by atoms with Crippen LogP contribution in [0.4, 0.5) is 0 Å². The molecule has 10 heavy (non-hydrogen) atoms. The molecule has 0 bridgehead atoms. The number of rotatable bonds is 1. The summed E-state index contributed by atoms with van der Waals surface area (Å²) in [7, 11) is -1.15. The maximum atomic E-state index is 4.19. The van der Waals surface area contributed by atoms with Gasteiger partial charge in [-0.15, -0.1) is 0 Å². The molecule has 0 fully saturated rings. The number of imidazole rings is 1. The van der Waals surface area contributed by atoms with E-state index in [2.05, 4.69) is 29.6 Å². The lowest BCUT2D eigenvalue weighted by Crippen LogP contribution is -2.40. The van der Waals surface area contributed by atoms with Gasteiger partial charge in [-0.25, -0.2) is 4.98 Å². The molecule has 4 heteroatoms. The number of aromatic amines is 1. The molecule has 0 spiro atoms. The molecule has 58 valence electrons. The average Bonchev–Trinajstić information content (AvgIpc) is 2.08. The Labute approximate surface area is 67.1 Å². The van der Waals surface area contributed by atoms with E-state index in [-0.39, 0.29) is 11.0 Å². The fourth-order valence-corrected chi connectivity index (χ4v) is 1.65. The Bertz CT molecular complexity index is 176. The number of hydrogen-bond donors (Lipinski definition) is 1. The van der Waals surface area contributed by atoms with Gasteiger partial charge in [0, 0.05) is 12.4 Å². The minimum Gasteiger partial charge on any atom is -0.353 e. The molecule has 1 aromatic rings. The normalized spacial score (nSPS) is 10.7. The highest BCUT2D eigenvalue weighted by Crippen LogP contribution is 1.96. The zero-order chi connectivity index (χ0) is 6.91. The Kier molecular flexibility index (Phi) is 3.05. The summed E-state index contributed by atoms with van der Waals surface area (Å²) in [5.74, 6) is 0. The predicted molar refractivity (Wildman–Crippen MR) is 52.9 cm³/mol. The number of nitrogens with zero attached hydrogens (tertiary/aromatic N) is 1. The number of nitrogens with one attached hydrogen (secondary N) is 1. The predicted octanol–water partition coefficient (Wildman–Crippen LogP) is -0.497. The molecule has 2 nitrogen and oxygen atoms in total. The third kappa shape index (κ3) is 2.11. The van der Waals surface area contributed by atoms with E-state index in [0.29, 0.717) is 0 Å². The van der Waals surface area contributed by atoms with Crippen LogP contribution in [0.2, 0.25) is 19.6 Å². The summed E-state index contributed by atoms with van der Waals surface area (Å²) in [5, 5.41) is 0. The molecule has 0 aromatic carbocycles. The largest absolute Gasteiger partial charge is 0.353 e. The topological polar surface area (TPSA) is 28.7 Å². The summed E-state index contributed by atoms with van der Waals surface area (Å²) in [6.07, 6.45) is 3.70. The first-order chi connectivity index (χ1) is 4.11. The van der Waals surface area contributed by atoms with Crippen molar-refractivity contribution in [3.05, 3.63) is 12.4 Å². The third-order valence-electron chi connectivity index (χ3n) is 1.21. The van der Waals surface area contributed by atoms with Crippen LogP contribution in [0, 0.1) is 0 Å². The molecule has 0 radical (unpaired) electrons. The molecule has 0 aliphatic heterocycles. The Hall–Kier alpha value is -0.356. The van der Waals surface area contributed by atoms with Crippen molar-refractivity contribution in [1.29, 1.82) is 0 Å². The highest BCUT2D eigenvalue weighted by atomic mass is 28.3. The third-order valence-corrected chi connectivity index (χ3v) is 2.90. The van der Waals surface area contributed by atoms with E-state index >= 15 is 0 Å². The lowest BCUT2D eigenvalue weighted by atomic mass is 11.0. The van der Waals surface area contributed by atoms with Crippen molar-refractivity contribution in [3.63, 3.8) is 0 Å². The highest BCUT2D eigenvalue weighted by molar-refractivity contribution is 6.87. The van der Waals surface area contributed by atoms with Crippen molar-refractivity contribution in [2.45, 2.75) is 19.6 Å². The van der Waals surface area contributed by atoms with E-state index < -0.39 is 8.07 Å². The molecule has 1 N–H and O–H groups in total. The fraction of sp³-hybridized carbons (Fsp3) is 0.500. The van der Waals surface area contributed by atoms with E-state index in [4.69, 9.17) is 0 Å². The number of aromatic nitrogens is 2. The quantitative estimate of drug-likeness (QED) is 0.569. The zero-order valence-corrected chi connectivity index (χ0v) is 7.10. The maximum Gasteiger partial charge on any atom is 0.123 e. The second-order valence-electron chi connectivity index (χ2n) is 3.19. The van der Waals surface area contributed by atoms with Crippen LogP contribution in [-0.4, -0.2) is 29.0 Å². The van der Waals surface area contributed by atoms with E-state index in [9.17, 15) is 0 Å². The Balaban J connectivity index is 0.000000810. The van der Waals surface area contributed by atoms with Crippen molar-refractivity contribution < 1.29 is 0 Å². The number of hydrogen-bond acceptors (Lipinski definition) is 1. The van der Waals surface area contributed by atoms with Crippen LogP contribution in [0.5, 0.6) is 0 Å². The Morgan fingerprint density at radius 1 is 1.40 bits per heavy atom. The van der Waals surface area contributed by atoms with Gasteiger partial charge >= 0.3 is 0 Å². The van der Waals surface area contributed by atoms with Crippen LogP contribution in [0.25, 0.3) is 0 Å². The number of H-pyrrole nitrogens is 1. The van der Waals surface area contributed by atoms with E-state index in [1.807, 2.05) is 12.4 Å². The molecule has 0 unspecified atom stereocenters. The van der Waals surface area contributed by atoms with E-state index in [1.54, 1.807) is 0 Å². The summed E-state index contributed by atoms with van der Waals surface area (Å²) in [5.41, 5.74) is 1.18. The van der Waals surface area contributed by atoms with Crippen LogP contribution >= 0.6 is 0 Å². The lowest BCUT2D eigenvalue weighted by molar-refractivity contribution is 1.36. The van der Waals surface area contributed by atoms with Gasteiger partial charge < -0.3 is 4.98 Å². The molecule has 1 rings (SSSR count). The minimum absolute atomic E-state index is 0. The van der Waals surface area contributed by atoms with Gasteiger partial charge in [-0.3, -0.25) is 0 Å². The minimum atomic E-state index is -1.15. The molecule has 0 atom stereocenters.